The van der Waals surface area contributed by atoms with E-state index in [-0.39, 0.29) is 5.91 Å². The molecule has 0 aromatic heterocycles. The van der Waals surface area contributed by atoms with E-state index in [1.807, 2.05) is 11.0 Å². The third-order valence-electron chi connectivity index (χ3n) is 2.99. The highest BCUT2D eigenvalue weighted by Crippen LogP contribution is 2.20. The Bertz CT molecular complexity index is 489. The van der Waals surface area contributed by atoms with Crippen molar-refractivity contribution in [1.29, 1.82) is 5.26 Å². The first-order chi connectivity index (χ1) is 8.70. The minimum absolute atomic E-state index is 0.132. The highest BCUT2D eigenvalue weighted by atomic mass is 79.9. The number of hydrogen-bond donors (Lipinski definition) is 1. The van der Waals surface area contributed by atoms with Crippen molar-refractivity contribution >= 4 is 27.5 Å². The van der Waals surface area contributed by atoms with Gasteiger partial charge in [-0.05, 0) is 47.0 Å². The molecule has 0 atom stereocenters. The van der Waals surface area contributed by atoms with E-state index in [2.05, 4.69) is 27.3 Å². The summed E-state index contributed by atoms with van der Waals surface area (Å²) in [5.41, 5.74) is 1.43. The molecule has 1 fully saturated rings. The molecule has 0 bridgehead atoms. The topological polar surface area (TPSA) is 56.1 Å². The average molecular weight is 308 g/mol. The van der Waals surface area contributed by atoms with Crippen molar-refractivity contribution in [2.24, 2.45) is 0 Å². The first kappa shape index (κ1) is 12.9. The van der Waals surface area contributed by atoms with E-state index >= 15 is 0 Å². The van der Waals surface area contributed by atoms with Gasteiger partial charge in [0.2, 0.25) is 5.91 Å². The molecule has 1 aromatic carbocycles. The molecule has 1 N–H and O–H groups in total. The molecule has 1 aromatic rings. The van der Waals surface area contributed by atoms with Crippen molar-refractivity contribution < 1.29 is 4.79 Å². The Labute approximate surface area is 115 Å². The number of anilines is 1. The summed E-state index contributed by atoms with van der Waals surface area (Å²) in [7, 11) is 0. The molecule has 0 radical (unpaired) electrons. The van der Waals surface area contributed by atoms with Gasteiger partial charge in [-0.3, -0.25) is 4.79 Å². The number of nitrogens with one attached hydrogen (secondary N) is 1. The largest absolute Gasteiger partial charge is 0.376 e. The lowest BCUT2D eigenvalue weighted by Crippen LogP contribution is -2.32. The third-order valence-corrected chi connectivity index (χ3v) is 3.65. The molecule has 18 heavy (non-hydrogen) atoms. The monoisotopic (exact) mass is 307 g/mol. The van der Waals surface area contributed by atoms with Gasteiger partial charge in [-0.1, -0.05) is 0 Å². The van der Waals surface area contributed by atoms with Gasteiger partial charge >= 0.3 is 0 Å². The molecule has 1 aliphatic rings. The third kappa shape index (κ3) is 3.02. The number of amides is 1. The van der Waals surface area contributed by atoms with Crippen LogP contribution in [0.3, 0.4) is 0 Å². The predicted molar refractivity (Wildman–Crippen MR) is 73.2 cm³/mol. The van der Waals surface area contributed by atoms with E-state index in [1.165, 1.54) is 0 Å². The van der Waals surface area contributed by atoms with Gasteiger partial charge in [-0.25, -0.2) is 0 Å². The lowest BCUT2D eigenvalue weighted by atomic mass is 10.2. The van der Waals surface area contributed by atoms with Crippen LogP contribution in [0.1, 0.15) is 18.4 Å². The molecule has 4 nitrogen and oxygen atoms in total. The van der Waals surface area contributed by atoms with Crippen LogP contribution in [0.15, 0.2) is 22.7 Å². The van der Waals surface area contributed by atoms with E-state index in [0.29, 0.717) is 12.1 Å². The molecule has 0 spiro atoms. The van der Waals surface area contributed by atoms with Crippen LogP contribution in [0.25, 0.3) is 0 Å². The standard InChI is InChI=1S/C13H14BrN3O/c14-12-7-11(4-3-10(12)8-15)16-9-13(18)17-5-1-2-6-17/h3-4,7,16H,1-2,5-6,9H2. The SMILES string of the molecule is N#Cc1ccc(NCC(=O)N2CCCC2)cc1Br. The van der Waals surface area contributed by atoms with E-state index in [0.717, 1.165) is 36.1 Å². The Hall–Kier alpha value is -1.54. The fraction of sp³-hybridized carbons (Fsp3) is 0.385. The maximum Gasteiger partial charge on any atom is 0.241 e. The minimum Gasteiger partial charge on any atom is -0.376 e. The first-order valence-corrected chi connectivity index (χ1v) is 6.71. The summed E-state index contributed by atoms with van der Waals surface area (Å²) >= 11 is 3.32. The Kier molecular flexibility index (Phi) is 4.21. The van der Waals surface area contributed by atoms with Crippen molar-refractivity contribution in [3.05, 3.63) is 28.2 Å². The van der Waals surface area contributed by atoms with Gasteiger partial charge in [0.1, 0.15) is 6.07 Å². The molecule has 1 saturated heterocycles. The van der Waals surface area contributed by atoms with Gasteiger partial charge in [0, 0.05) is 23.2 Å². The summed E-state index contributed by atoms with van der Waals surface area (Å²) in [4.78, 5) is 13.7. The number of rotatable bonds is 3. The smallest absolute Gasteiger partial charge is 0.241 e. The highest BCUT2D eigenvalue weighted by molar-refractivity contribution is 9.10. The van der Waals surface area contributed by atoms with Gasteiger partial charge in [0.05, 0.1) is 12.1 Å². The lowest BCUT2D eigenvalue weighted by molar-refractivity contribution is -0.128. The van der Waals surface area contributed by atoms with Crippen LogP contribution in [0.4, 0.5) is 5.69 Å². The number of nitrogens with zero attached hydrogens (tertiary/aromatic N) is 2. The Balaban J connectivity index is 1.92. The molecular formula is C13H14BrN3O. The molecule has 0 aliphatic carbocycles. The maximum atomic E-state index is 11.8. The lowest BCUT2D eigenvalue weighted by Gasteiger charge is -2.16. The zero-order valence-corrected chi connectivity index (χ0v) is 11.5. The number of nitriles is 1. The fourth-order valence-electron chi connectivity index (χ4n) is 1.97. The molecule has 0 saturated carbocycles. The van der Waals surface area contributed by atoms with Crippen LogP contribution in [0.5, 0.6) is 0 Å². The summed E-state index contributed by atoms with van der Waals surface area (Å²) in [6.45, 7) is 2.05. The van der Waals surface area contributed by atoms with E-state index in [9.17, 15) is 4.79 Å². The zero-order chi connectivity index (χ0) is 13.0. The van der Waals surface area contributed by atoms with Crippen LogP contribution in [0, 0.1) is 11.3 Å². The van der Waals surface area contributed by atoms with Crippen LogP contribution in [-0.2, 0) is 4.79 Å². The number of carbonyl (C=O) groups excluding carboxylic acids is 1. The van der Waals surface area contributed by atoms with Gasteiger partial charge in [-0.15, -0.1) is 0 Å². The molecule has 0 unspecified atom stereocenters. The second-order valence-electron chi connectivity index (χ2n) is 4.25. The molecule has 5 heteroatoms. The van der Waals surface area contributed by atoms with E-state index in [1.54, 1.807) is 12.1 Å². The molecule has 1 amide bonds. The number of hydrogen-bond acceptors (Lipinski definition) is 3. The molecule has 1 heterocycles. The van der Waals surface area contributed by atoms with Crippen LogP contribution in [-0.4, -0.2) is 30.4 Å². The maximum absolute atomic E-state index is 11.8. The number of benzene rings is 1. The van der Waals surface area contributed by atoms with Crippen molar-refractivity contribution in [2.75, 3.05) is 25.0 Å². The summed E-state index contributed by atoms with van der Waals surface area (Å²) in [6, 6.07) is 7.43. The predicted octanol–water partition coefficient (Wildman–Crippen LogP) is 2.36. The summed E-state index contributed by atoms with van der Waals surface area (Å²) in [5, 5.41) is 11.9. The Morgan fingerprint density at radius 1 is 1.44 bits per heavy atom. The van der Waals surface area contributed by atoms with E-state index < -0.39 is 0 Å². The van der Waals surface area contributed by atoms with E-state index in [4.69, 9.17) is 5.26 Å². The van der Waals surface area contributed by atoms with Gasteiger partial charge < -0.3 is 10.2 Å². The van der Waals surface area contributed by atoms with Crippen LogP contribution < -0.4 is 5.32 Å². The fourth-order valence-corrected chi connectivity index (χ4v) is 2.44. The number of likely N-dealkylation sites (tertiary alicyclic amines) is 1. The highest BCUT2D eigenvalue weighted by Gasteiger charge is 2.17. The minimum atomic E-state index is 0.132. The van der Waals surface area contributed by atoms with Crippen molar-refractivity contribution in [1.82, 2.24) is 4.90 Å². The number of halogens is 1. The van der Waals surface area contributed by atoms with Gasteiger partial charge in [-0.2, -0.15) is 5.26 Å². The van der Waals surface area contributed by atoms with Crippen molar-refractivity contribution in [2.45, 2.75) is 12.8 Å². The quantitative estimate of drug-likeness (QED) is 0.932. The van der Waals surface area contributed by atoms with Crippen molar-refractivity contribution in [3.63, 3.8) is 0 Å². The van der Waals surface area contributed by atoms with Crippen LogP contribution in [0.2, 0.25) is 0 Å². The van der Waals surface area contributed by atoms with Crippen molar-refractivity contribution in [3.8, 4) is 6.07 Å². The molecular weight excluding hydrogens is 294 g/mol. The average Bonchev–Trinajstić information content (AvgIpc) is 2.90. The summed E-state index contributed by atoms with van der Waals surface area (Å²) in [5.74, 6) is 0.132. The zero-order valence-electron chi connectivity index (χ0n) is 9.95. The second kappa shape index (κ2) is 5.87. The second-order valence-corrected chi connectivity index (χ2v) is 5.10. The number of carbonyl (C=O) groups is 1. The summed E-state index contributed by atoms with van der Waals surface area (Å²) < 4.78 is 0.739. The molecule has 2 rings (SSSR count). The van der Waals surface area contributed by atoms with Gasteiger partial charge in [0.25, 0.3) is 0 Å². The summed E-state index contributed by atoms with van der Waals surface area (Å²) in [6.07, 6.45) is 2.21. The molecule has 1 aliphatic heterocycles. The first-order valence-electron chi connectivity index (χ1n) is 5.92. The molecule has 94 valence electrons. The Morgan fingerprint density at radius 3 is 2.78 bits per heavy atom. The normalized spacial score (nSPS) is 14.3. The van der Waals surface area contributed by atoms with Gasteiger partial charge in [0.15, 0.2) is 0 Å². The van der Waals surface area contributed by atoms with Crippen LogP contribution >= 0.6 is 15.9 Å². The Morgan fingerprint density at radius 2 is 2.17 bits per heavy atom.